The van der Waals surface area contributed by atoms with E-state index in [1.807, 2.05) is 6.26 Å². The zero-order valence-electron chi connectivity index (χ0n) is 9.69. The van der Waals surface area contributed by atoms with Crippen molar-refractivity contribution in [1.82, 2.24) is 4.98 Å². The fraction of sp³-hybridized carbons (Fsp3) is 0.455. The number of nitrogens with zero attached hydrogens (tertiary/aromatic N) is 1. The summed E-state index contributed by atoms with van der Waals surface area (Å²) in [5.41, 5.74) is 0.471. The molecule has 0 amide bonds. The summed E-state index contributed by atoms with van der Waals surface area (Å²) in [7, 11) is 1.36. The molecular formula is C11H16N2O2S. The molecule has 0 bridgehead atoms. The van der Waals surface area contributed by atoms with Crippen molar-refractivity contribution in [3.63, 3.8) is 0 Å². The van der Waals surface area contributed by atoms with Gasteiger partial charge in [-0.25, -0.2) is 9.78 Å². The molecule has 1 heterocycles. The van der Waals surface area contributed by atoms with Gasteiger partial charge in [-0.15, -0.1) is 0 Å². The number of carbonyl (C=O) groups excluding carboxylic acids is 1. The summed E-state index contributed by atoms with van der Waals surface area (Å²) in [6.45, 7) is 2.88. The summed E-state index contributed by atoms with van der Waals surface area (Å²) >= 11 is 1.76. The van der Waals surface area contributed by atoms with Crippen LogP contribution < -0.4 is 5.32 Å². The standard InChI is InChI=1S/C11H16N2O2S/c1-8(16-3)7-13-10-9(11(14)15-2)5-4-6-12-10/h4-6,8H,7H2,1-3H3,(H,12,13). The van der Waals surface area contributed by atoms with Crippen molar-refractivity contribution in [3.8, 4) is 0 Å². The summed E-state index contributed by atoms with van der Waals surface area (Å²) in [5.74, 6) is 0.211. The Morgan fingerprint density at radius 3 is 3.06 bits per heavy atom. The minimum atomic E-state index is -0.368. The van der Waals surface area contributed by atoms with E-state index < -0.39 is 0 Å². The summed E-state index contributed by atoms with van der Waals surface area (Å²) in [6, 6.07) is 3.42. The van der Waals surface area contributed by atoms with Gasteiger partial charge >= 0.3 is 5.97 Å². The molecule has 1 rings (SSSR count). The van der Waals surface area contributed by atoms with E-state index in [9.17, 15) is 4.79 Å². The molecule has 4 nitrogen and oxygen atoms in total. The smallest absolute Gasteiger partial charge is 0.341 e. The van der Waals surface area contributed by atoms with Crippen LogP contribution >= 0.6 is 11.8 Å². The number of aromatic nitrogens is 1. The van der Waals surface area contributed by atoms with Gasteiger partial charge in [-0.1, -0.05) is 6.92 Å². The highest BCUT2D eigenvalue weighted by atomic mass is 32.2. The molecule has 1 aromatic heterocycles. The topological polar surface area (TPSA) is 51.2 Å². The first-order valence-corrected chi connectivity index (χ1v) is 6.27. The monoisotopic (exact) mass is 240 g/mol. The van der Waals surface area contributed by atoms with Crippen LogP contribution in [0.25, 0.3) is 0 Å². The Hall–Kier alpha value is -1.23. The average molecular weight is 240 g/mol. The zero-order chi connectivity index (χ0) is 12.0. The lowest BCUT2D eigenvalue weighted by Crippen LogP contribution is -2.16. The minimum absolute atomic E-state index is 0.368. The Labute approximate surface area is 99.8 Å². The number of carbonyl (C=O) groups is 1. The first-order valence-electron chi connectivity index (χ1n) is 4.99. The Morgan fingerprint density at radius 1 is 1.69 bits per heavy atom. The Bertz CT molecular complexity index is 358. The summed E-state index contributed by atoms with van der Waals surface area (Å²) in [6.07, 6.45) is 3.70. The number of hydrogen-bond donors (Lipinski definition) is 1. The molecule has 0 radical (unpaired) electrons. The molecule has 1 N–H and O–H groups in total. The van der Waals surface area contributed by atoms with Crippen molar-refractivity contribution in [1.29, 1.82) is 0 Å². The SMILES string of the molecule is COC(=O)c1cccnc1NCC(C)SC. The first kappa shape index (κ1) is 12.8. The van der Waals surface area contributed by atoms with Crippen molar-refractivity contribution < 1.29 is 9.53 Å². The van der Waals surface area contributed by atoms with Gasteiger partial charge in [-0.2, -0.15) is 11.8 Å². The van der Waals surface area contributed by atoms with Crippen LogP contribution in [0.15, 0.2) is 18.3 Å². The summed E-state index contributed by atoms with van der Waals surface area (Å²) < 4.78 is 4.69. The molecule has 0 saturated heterocycles. The number of rotatable bonds is 5. The van der Waals surface area contributed by atoms with Gasteiger partial charge in [0.05, 0.1) is 7.11 Å². The van der Waals surface area contributed by atoms with E-state index in [-0.39, 0.29) is 5.97 Å². The van der Waals surface area contributed by atoms with E-state index in [4.69, 9.17) is 0 Å². The number of ether oxygens (including phenoxy) is 1. The second-order valence-electron chi connectivity index (χ2n) is 3.32. The highest BCUT2D eigenvalue weighted by Gasteiger charge is 2.12. The van der Waals surface area contributed by atoms with Crippen LogP contribution in [0.5, 0.6) is 0 Å². The van der Waals surface area contributed by atoms with Gasteiger partial charge in [-0.05, 0) is 18.4 Å². The quantitative estimate of drug-likeness (QED) is 0.798. The second kappa shape index (κ2) is 6.37. The molecule has 16 heavy (non-hydrogen) atoms. The minimum Gasteiger partial charge on any atom is -0.465 e. The van der Waals surface area contributed by atoms with E-state index >= 15 is 0 Å². The van der Waals surface area contributed by atoms with Crippen LogP contribution in [0.1, 0.15) is 17.3 Å². The summed E-state index contributed by atoms with van der Waals surface area (Å²) in [5, 5.41) is 3.61. The number of anilines is 1. The lowest BCUT2D eigenvalue weighted by molar-refractivity contribution is 0.0601. The number of nitrogens with one attached hydrogen (secondary N) is 1. The maximum absolute atomic E-state index is 11.4. The first-order chi connectivity index (χ1) is 7.69. The molecule has 1 unspecified atom stereocenters. The van der Waals surface area contributed by atoms with Gasteiger partial charge in [0.15, 0.2) is 0 Å². The van der Waals surface area contributed by atoms with Crippen molar-refractivity contribution >= 4 is 23.5 Å². The molecule has 0 saturated carbocycles. The highest BCUT2D eigenvalue weighted by molar-refractivity contribution is 7.99. The normalized spacial score (nSPS) is 11.9. The molecule has 1 aromatic rings. The van der Waals surface area contributed by atoms with E-state index in [1.54, 1.807) is 30.1 Å². The largest absolute Gasteiger partial charge is 0.465 e. The molecule has 88 valence electrons. The zero-order valence-corrected chi connectivity index (χ0v) is 10.5. The molecule has 5 heteroatoms. The third-order valence-electron chi connectivity index (χ3n) is 2.17. The number of hydrogen-bond acceptors (Lipinski definition) is 5. The fourth-order valence-corrected chi connectivity index (χ4v) is 1.39. The molecule has 0 aliphatic rings. The number of esters is 1. The number of pyridine rings is 1. The predicted molar refractivity (Wildman–Crippen MR) is 67.0 cm³/mol. The van der Waals surface area contributed by atoms with Crippen LogP contribution in [0, 0.1) is 0 Å². The van der Waals surface area contributed by atoms with Gasteiger partial charge in [0.1, 0.15) is 11.4 Å². The third kappa shape index (κ3) is 3.41. The van der Waals surface area contributed by atoms with Gasteiger partial charge in [-0.3, -0.25) is 0 Å². The van der Waals surface area contributed by atoms with Crippen LogP contribution in [0.4, 0.5) is 5.82 Å². The third-order valence-corrected chi connectivity index (χ3v) is 3.14. The molecule has 0 fully saturated rings. The Kier molecular flexibility index (Phi) is 5.11. The maximum atomic E-state index is 11.4. The van der Waals surface area contributed by atoms with Gasteiger partial charge < -0.3 is 10.1 Å². The van der Waals surface area contributed by atoms with Crippen LogP contribution in [-0.4, -0.2) is 36.1 Å². The van der Waals surface area contributed by atoms with Crippen molar-refractivity contribution in [2.45, 2.75) is 12.2 Å². The predicted octanol–water partition coefficient (Wildman–Crippen LogP) is 2.03. The molecule has 0 spiro atoms. The number of methoxy groups -OCH3 is 1. The van der Waals surface area contributed by atoms with E-state index in [0.717, 1.165) is 6.54 Å². The molecule has 0 aromatic carbocycles. The van der Waals surface area contributed by atoms with Crippen LogP contribution in [-0.2, 0) is 4.74 Å². The highest BCUT2D eigenvalue weighted by Crippen LogP contribution is 2.14. The fourth-order valence-electron chi connectivity index (χ4n) is 1.14. The average Bonchev–Trinajstić information content (AvgIpc) is 2.35. The van der Waals surface area contributed by atoms with Gasteiger partial charge in [0.2, 0.25) is 0 Å². The molecular weight excluding hydrogens is 224 g/mol. The molecule has 1 atom stereocenters. The van der Waals surface area contributed by atoms with Crippen molar-refractivity contribution in [2.75, 3.05) is 25.2 Å². The van der Waals surface area contributed by atoms with E-state index in [2.05, 4.69) is 22.0 Å². The Balaban J connectivity index is 2.75. The van der Waals surface area contributed by atoms with E-state index in [0.29, 0.717) is 16.6 Å². The molecule has 0 aliphatic heterocycles. The lowest BCUT2D eigenvalue weighted by atomic mass is 10.2. The Morgan fingerprint density at radius 2 is 2.44 bits per heavy atom. The summed E-state index contributed by atoms with van der Waals surface area (Å²) in [4.78, 5) is 15.6. The van der Waals surface area contributed by atoms with E-state index in [1.165, 1.54) is 7.11 Å². The van der Waals surface area contributed by atoms with Crippen molar-refractivity contribution in [3.05, 3.63) is 23.9 Å². The number of thioether (sulfide) groups is 1. The molecule has 0 aliphatic carbocycles. The lowest BCUT2D eigenvalue weighted by Gasteiger charge is -2.12. The maximum Gasteiger partial charge on any atom is 0.341 e. The van der Waals surface area contributed by atoms with Crippen LogP contribution in [0.2, 0.25) is 0 Å². The van der Waals surface area contributed by atoms with Crippen molar-refractivity contribution in [2.24, 2.45) is 0 Å². The van der Waals surface area contributed by atoms with Gasteiger partial charge in [0, 0.05) is 18.0 Å². The second-order valence-corrected chi connectivity index (χ2v) is 4.59. The van der Waals surface area contributed by atoms with Crippen LogP contribution in [0.3, 0.4) is 0 Å². The van der Waals surface area contributed by atoms with Gasteiger partial charge in [0.25, 0.3) is 0 Å².